The minimum absolute atomic E-state index is 0.0840. The molecular formula is C15H24N2O3S. The third-order valence-corrected chi connectivity index (χ3v) is 5.35. The highest BCUT2D eigenvalue weighted by Gasteiger charge is 2.33. The maximum atomic E-state index is 12.9. The van der Waals surface area contributed by atoms with Gasteiger partial charge in [-0.1, -0.05) is 19.1 Å². The lowest BCUT2D eigenvalue weighted by atomic mass is 10.3. The Balaban J connectivity index is 2.31. The highest BCUT2D eigenvalue weighted by molar-refractivity contribution is 7.89. The molecule has 0 bridgehead atoms. The molecule has 0 saturated carbocycles. The first-order valence-electron chi connectivity index (χ1n) is 7.43. The summed E-state index contributed by atoms with van der Waals surface area (Å²) in [6, 6.07) is 7.09. The Bertz CT molecular complexity index is 564. The van der Waals surface area contributed by atoms with Gasteiger partial charge in [-0.15, -0.1) is 0 Å². The molecule has 0 aliphatic carbocycles. The first kappa shape index (κ1) is 16.3. The summed E-state index contributed by atoms with van der Waals surface area (Å²) in [5.74, 6) is 0. The van der Waals surface area contributed by atoms with Crippen molar-refractivity contribution in [1.82, 2.24) is 4.31 Å². The first-order chi connectivity index (χ1) is 9.95. The fourth-order valence-corrected chi connectivity index (χ4v) is 4.32. The number of benzene rings is 1. The van der Waals surface area contributed by atoms with E-state index in [2.05, 4.69) is 12.2 Å². The molecule has 0 spiro atoms. The van der Waals surface area contributed by atoms with Crippen LogP contribution in [0.2, 0.25) is 0 Å². The Labute approximate surface area is 127 Å². The first-order valence-corrected chi connectivity index (χ1v) is 8.87. The Hall–Kier alpha value is -1.11. The lowest BCUT2D eigenvalue weighted by molar-refractivity contribution is -0.0440. The monoisotopic (exact) mass is 312 g/mol. The average molecular weight is 312 g/mol. The number of sulfonamides is 1. The summed E-state index contributed by atoms with van der Waals surface area (Å²) in [5, 5.41) is 3.19. The van der Waals surface area contributed by atoms with E-state index in [0.717, 1.165) is 13.0 Å². The zero-order valence-corrected chi connectivity index (χ0v) is 13.7. The van der Waals surface area contributed by atoms with Gasteiger partial charge in [-0.05, 0) is 32.4 Å². The second-order valence-corrected chi connectivity index (χ2v) is 7.41. The average Bonchev–Trinajstić information content (AvgIpc) is 2.44. The zero-order chi connectivity index (χ0) is 15.5. The van der Waals surface area contributed by atoms with Gasteiger partial charge in [-0.2, -0.15) is 4.31 Å². The second kappa shape index (κ2) is 6.77. The van der Waals surface area contributed by atoms with E-state index >= 15 is 0 Å². The highest BCUT2D eigenvalue weighted by Crippen LogP contribution is 2.26. The van der Waals surface area contributed by atoms with Gasteiger partial charge in [0.2, 0.25) is 10.0 Å². The minimum Gasteiger partial charge on any atom is -0.384 e. The standard InChI is InChI=1S/C15H24N2O3S/c1-4-9-16-14-7-5-6-8-15(14)21(18,19)17-10-12(2)20-13(3)11-17/h5-8,12-13,16H,4,9-11H2,1-3H3. The fraction of sp³-hybridized carbons (Fsp3) is 0.600. The van der Waals surface area contributed by atoms with Crippen molar-refractivity contribution in [2.24, 2.45) is 0 Å². The molecule has 0 aromatic heterocycles. The van der Waals surface area contributed by atoms with E-state index in [4.69, 9.17) is 4.74 Å². The number of rotatable bonds is 5. The smallest absolute Gasteiger partial charge is 0.245 e. The van der Waals surface area contributed by atoms with Crippen LogP contribution < -0.4 is 5.32 Å². The number of hydrogen-bond donors (Lipinski definition) is 1. The van der Waals surface area contributed by atoms with Crippen LogP contribution in [-0.4, -0.2) is 44.6 Å². The van der Waals surface area contributed by atoms with Crippen molar-refractivity contribution in [3.63, 3.8) is 0 Å². The molecule has 5 nitrogen and oxygen atoms in total. The van der Waals surface area contributed by atoms with Crippen LogP contribution in [0.5, 0.6) is 0 Å². The fourth-order valence-electron chi connectivity index (χ4n) is 2.56. The van der Waals surface area contributed by atoms with Crippen molar-refractivity contribution in [1.29, 1.82) is 0 Å². The maximum Gasteiger partial charge on any atom is 0.245 e. The molecule has 0 radical (unpaired) electrons. The molecule has 1 aromatic carbocycles. The Morgan fingerprint density at radius 1 is 1.24 bits per heavy atom. The van der Waals surface area contributed by atoms with Crippen LogP contribution in [0, 0.1) is 0 Å². The van der Waals surface area contributed by atoms with Gasteiger partial charge in [-0.3, -0.25) is 0 Å². The molecule has 118 valence electrons. The largest absolute Gasteiger partial charge is 0.384 e. The minimum atomic E-state index is -3.50. The molecule has 1 N–H and O–H groups in total. The molecule has 21 heavy (non-hydrogen) atoms. The maximum absolute atomic E-state index is 12.9. The van der Waals surface area contributed by atoms with E-state index in [9.17, 15) is 8.42 Å². The lowest BCUT2D eigenvalue weighted by Gasteiger charge is -2.34. The molecular weight excluding hydrogens is 288 g/mol. The van der Waals surface area contributed by atoms with Crippen molar-refractivity contribution in [3.05, 3.63) is 24.3 Å². The van der Waals surface area contributed by atoms with Crippen LogP contribution in [0.1, 0.15) is 27.2 Å². The Morgan fingerprint density at radius 2 is 1.86 bits per heavy atom. The third kappa shape index (κ3) is 3.75. The number of ether oxygens (including phenoxy) is 1. The normalized spacial score (nSPS) is 24.0. The predicted octanol–water partition coefficient (Wildman–Crippen LogP) is 2.31. The van der Waals surface area contributed by atoms with E-state index in [1.165, 1.54) is 4.31 Å². The molecule has 1 heterocycles. The zero-order valence-electron chi connectivity index (χ0n) is 12.9. The molecule has 1 fully saturated rings. The summed E-state index contributed by atoms with van der Waals surface area (Å²) in [6.07, 6.45) is 0.776. The molecule has 2 rings (SSSR count). The van der Waals surface area contributed by atoms with E-state index in [0.29, 0.717) is 23.7 Å². The van der Waals surface area contributed by atoms with Crippen LogP contribution in [0.15, 0.2) is 29.2 Å². The number of nitrogens with one attached hydrogen (secondary N) is 1. The quantitative estimate of drug-likeness (QED) is 0.906. The van der Waals surface area contributed by atoms with Gasteiger partial charge in [0.25, 0.3) is 0 Å². The SMILES string of the molecule is CCCNc1ccccc1S(=O)(=O)N1CC(C)OC(C)C1. The predicted molar refractivity (Wildman–Crippen MR) is 84.0 cm³/mol. The molecule has 2 unspecified atom stereocenters. The molecule has 1 aliphatic heterocycles. The molecule has 2 atom stereocenters. The van der Waals surface area contributed by atoms with Gasteiger partial charge in [-0.25, -0.2) is 8.42 Å². The van der Waals surface area contributed by atoms with Gasteiger partial charge < -0.3 is 10.1 Å². The van der Waals surface area contributed by atoms with Crippen molar-refractivity contribution < 1.29 is 13.2 Å². The van der Waals surface area contributed by atoms with Crippen molar-refractivity contribution in [2.45, 2.75) is 44.3 Å². The Morgan fingerprint density at radius 3 is 2.48 bits per heavy atom. The number of para-hydroxylation sites is 1. The van der Waals surface area contributed by atoms with Gasteiger partial charge in [0.1, 0.15) is 4.90 Å². The van der Waals surface area contributed by atoms with Gasteiger partial charge in [0.05, 0.1) is 17.9 Å². The van der Waals surface area contributed by atoms with Crippen molar-refractivity contribution >= 4 is 15.7 Å². The van der Waals surface area contributed by atoms with Gasteiger partial charge >= 0.3 is 0 Å². The summed E-state index contributed by atoms with van der Waals surface area (Å²) in [4.78, 5) is 0.347. The van der Waals surface area contributed by atoms with Crippen molar-refractivity contribution in [2.75, 3.05) is 25.0 Å². The Kier molecular flexibility index (Phi) is 5.24. The second-order valence-electron chi connectivity index (χ2n) is 5.50. The summed E-state index contributed by atoms with van der Waals surface area (Å²) < 4.78 is 32.9. The number of nitrogens with zero attached hydrogens (tertiary/aromatic N) is 1. The van der Waals surface area contributed by atoms with Crippen LogP contribution in [-0.2, 0) is 14.8 Å². The highest BCUT2D eigenvalue weighted by atomic mass is 32.2. The summed E-state index contributed by atoms with van der Waals surface area (Å²) >= 11 is 0. The number of anilines is 1. The van der Waals surface area contributed by atoms with E-state index in [-0.39, 0.29) is 12.2 Å². The van der Waals surface area contributed by atoms with E-state index in [1.54, 1.807) is 12.1 Å². The lowest BCUT2D eigenvalue weighted by Crippen LogP contribution is -2.48. The van der Waals surface area contributed by atoms with Crippen LogP contribution in [0.3, 0.4) is 0 Å². The van der Waals surface area contributed by atoms with Crippen molar-refractivity contribution in [3.8, 4) is 0 Å². The van der Waals surface area contributed by atoms with E-state index < -0.39 is 10.0 Å². The molecule has 1 aliphatic rings. The molecule has 1 saturated heterocycles. The van der Waals surface area contributed by atoms with Gasteiger partial charge in [0, 0.05) is 19.6 Å². The van der Waals surface area contributed by atoms with Crippen LogP contribution >= 0.6 is 0 Å². The summed E-state index contributed by atoms with van der Waals surface area (Å²) in [6.45, 7) is 7.40. The number of morpholine rings is 1. The summed E-state index contributed by atoms with van der Waals surface area (Å²) in [5.41, 5.74) is 0.672. The third-order valence-electron chi connectivity index (χ3n) is 3.46. The van der Waals surface area contributed by atoms with Crippen LogP contribution in [0.4, 0.5) is 5.69 Å². The van der Waals surface area contributed by atoms with Gasteiger partial charge in [0.15, 0.2) is 0 Å². The van der Waals surface area contributed by atoms with E-state index in [1.807, 2.05) is 26.0 Å². The molecule has 1 aromatic rings. The molecule has 0 amide bonds. The topological polar surface area (TPSA) is 58.6 Å². The molecule has 6 heteroatoms. The number of hydrogen-bond acceptors (Lipinski definition) is 4. The van der Waals surface area contributed by atoms with Crippen LogP contribution in [0.25, 0.3) is 0 Å². The summed E-state index contributed by atoms with van der Waals surface area (Å²) in [7, 11) is -3.50.